The van der Waals surface area contributed by atoms with Crippen LogP contribution in [0, 0.1) is 6.92 Å². The van der Waals surface area contributed by atoms with Crippen molar-refractivity contribution in [1.29, 1.82) is 0 Å². The Kier molecular flexibility index (Phi) is 5.67. The van der Waals surface area contributed by atoms with Crippen LogP contribution in [0.1, 0.15) is 26.5 Å². The second-order valence-corrected chi connectivity index (χ2v) is 5.93. The summed E-state index contributed by atoms with van der Waals surface area (Å²) >= 11 is 0. The van der Waals surface area contributed by atoms with Crippen LogP contribution in [-0.2, 0) is 4.74 Å². The Balaban J connectivity index is 2.04. The lowest BCUT2D eigenvalue weighted by Gasteiger charge is -2.15. The van der Waals surface area contributed by atoms with Gasteiger partial charge in [-0.15, -0.1) is 0 Å². The molecule has 9 heteroatoms. The van der Waals surface area contributed by atoms with Crippen LogP contribution in [0.5, 0.6) is 11.5 Å². The van der Waals surface area contributed by atoms with Gasteiger partial charge < -0.3 is 23.9 Å². The summed E-state index contributed by atoms with van der Waals surface area (Å²) in [4.78, 5) is 24.9. The van der Waals surface area contributed by atoms with Crippen molar-refractivity contribution in [2.75, 3.05) is 19.5 Å². The number of hydrogen-bond donors (Lipinski definition) is 1. The molecule has 2 aromatic carbocycles. The number of hydrogen-bond acceptors (Lipinski definition) is 6. The fourth-order valence-electron chi connectivity index (χ4n) is 2.86. The molecule has 0 bridgehead atoms. The van der Waals surface area contributed by atoms with Crippen molar-refractivity contribution in [2.45, 2.75) is 13.5 Å². The number of alkyl halides is 2. The maximum absolute atomic E-state index is 12.8. The van der Waals surface area contributed by atoms with Crippen LogP contribution in [0.25, 0.3) is 11.0 Å². The van der Waals surface area contributed by atoms with Gasteiger partial charge in [-0.3, -0.25) is 4.79 Å². The Morgan fingerprint density at radius 2 is 1.83 bits per heavy atom. The number of methoxy groups -OCH3 is 2. The zero-order valence-electron chi connectivity index (χ0n) is 15.7. The van der Waals surface area contributed by atoms with E-state index in [9.17, 15) is 18.4 Å². The summed E-state index contributed by atoms with van der Waals surface area (Å²) in [6, 6.07) is 9.28. The molecule has 29 heavy (non-hydrogen) atoms. The third kappa shape index (κ3) is 3.98. The molecular weight excluding hydrogens is 388 g/mol. The second kappa shape index (κ2) is 8.17. The van der Waals surface area contributed by atoms with E-state index >= 15 is 0 Å². The van der Waals surface area contributed by atoms with Crippen LogP contribution in [0.15, 0.2) is 40.8 Å². The zero-order valence-corrected chi connectivity index (χ0v) is 15.7. The minimum atomic E-state index is -3.13. The Hall–Kier alpha value is -3.62. The van der Waals surface area contributed by atoms with Gasteiger partial charge in [0.25, 0.3) is 5.91 Å². The summed E-state index contributed by atoms with van der Waals surface area (Å²) in [7, 11) is 2.37. The number of rotatable bonds is 6. The maximum atomic E-state index is 12.8. The first-order valence-corrected chi connectivity index (χ1v) is 8.40. The molecule has 7 nitrogen and oxygen atoms in total. The largest absolute Gasteiger partial charge is 0.493 e. The molecule has 0 saturated carbocycles. The average Bonchev–Trinajstić information content (AvgIpc) is 3.04. The third-order valence-corrected chi connectivity index (χ3v) is 4.22. The van der Waals surface area contributed by atoms with Crippen LogP contribution in [0.2, 0.25) is 0 Å². The maximum Gasteiger partial charge on any atom is 0.387 e. The average molecular weight is 405 g/mol. The number of amides is 1. The molecular formula is C20H17F2NO6. The standard InChI is InChI=1S/C20H17F2NO6/c1-10-11-6-4-5-7-14(11)28-17(10)18(24)23-13-9-16(29-20(21)22)15(26-2)8-12(13)19(25)27-3/h4-9,20H,1-3H3,(H,23,24). The molecule has 0 aliphatic heterocycles. The SMILES string of the molecule is COC(=O)c1cc(OC)c(OC(F)F)cc1NC(=O)c1oc2ccccc2c1C. The first kappa shape index (κ1) is 20.1. The number of anilines is 1. The number of esters is 1. The van der Waals surface area contributed by atoms with Crippen molar-refractivity contribution in [3.8, 4) is 11.5 Å². The van der Waals surface area contributed by atoms with E-state index in [4.69, 9.17) is 13.9 Å². The van der Waals surface area contributed by atoms with Gasteiger partial charge in [-0.2, -0.15) is 8.78 Å². The van der Waals surface area contributed by atoms with E-state index in [1.54, 1.807) is 31.2 Å². The third-order valence-electron chi connectivity index (χ3n) is 4.22. The molecule has 1 amide bonds. The van der Waals surface area contributed by atoms with Crippen LogP contribution in [-0.4, -0.2) is 32.7 Å². The first-order chi connectivity index (χ1) is 13.8. The Bertz CT molecular complexity index is 1080. The summed E-state index contributed by atoms with van der Waals surface area (Å²) < 4.78 is 45.1. The summed E-state index contributed by atoms with van der Waals surface area (Å²) in [5, 5.41) is 3.25. The number of para-hydroxylation sites is 1. The quantitative estimate of drug-likeness (QED) is 0.612. The highest BCUT2D eigenvalue weighted by Crippen LogP contribution is 2.35. The molecule has 0 unspecified atom stereocenters. The van der Waals surface area contributed by atoms with Crippen molar-refractivity contribution in [1.82, 2.24) is 0 Å². The molecule has 1 N–H and O–H groups in total. The Morgan fingerprint density at radius 1 is 1.10 bits per heavy atom. The number of carbonyl (C=O) groups excluding carboxylic acids is 2. The molecule has 1 aromatic heterocycles. The molecule has 3 aromatic rings. The summed E-state index contributed by atoms with van der Waals surface area (Å²) in [6.07, 6.45) is 0. The van der Waals surface area contributed by atoms with Gasteiger partial charge in [-0.1, -0.05) is 18.2 Å². The zero-order chi connectivity index (χ0) is 21.1. The number of ether oxygens (including phenoxy) is 3. The molecule has 0 atom stereocenters. The highest BCUT2D eigenvalue weighted by Gasteiger charge is 2.24. The molecule has 0 spiro atoms. The van der Waals surface area contributed by atoms with E-state index in [2.05, 4.69) is 10.1 Å². The second-order valence-electron chi connectivity index (χ2n) is 5.93. The first-order valence-electron chi connectivity index (χ1n) is 8.40. The summed E-state index contributed by atoms with van der Waals surface area (Å²) in [6.45, 7) is -1.42. The minimum absolute atomic E-state index is 0.0224. The molecule has 0 fully saturated rings. The number of aryl methyl sites for hydroxylation is 1. The molecule has 1 heterocycles. The van der Waals surface area contributed by atoms with Crippen molar-refractivity contribution in [3.05, 3.63) is 53.3 Å². The number of halogens is 2. The predicted molar refractivity (Wildman–Crippen MR) is 99.9 cm³/mol. The molecule has 3 rings (SSSR count). The number of fused-ring (bicyclic) bond motifs is 1. The molecule has 0 aliphatic rings. The van der Waals surface area contributed by atoms with Gasteiger partial charge in [-0.05, 0) is 13.0 Å². The Morgan fingerprint density at radius 3 is 2.45 bits per heavy atom. The topological polar surface area (TPSA) is 87.0 Å². The van der Waals surface area contributed by atoms with E-state index in [0.717, 1.165) is 24.6 Å². The monoisotopic (exact) mass is 405 g/mol. The molecule has 0 saturated heterocycles. The van der Waals surface area contributed by atoms with Crippen LogP contribution < -0.4 is 14.8 Å². The van der Waals surface area contributed by atoms with Gasteiger partial charge in [0.05, 0.1) is 25.5 Å². The van der Waals surface area contributed by atoms with Gasteiger partial charge in [0.15, 0.2) is 17.3 Å². The Labute approximate surface area is 164 Å². The smallest absolute Gasteiger partial charge is 0.387 e. The molecule has 0 aliphatic carbocycles. The fraction of sp³-hybridized carbons (Fsp3) is 0.200. The number of benzene rings is 2. The van der Waals surface area contributed by atoms with Gasteiger partial charge in [0.2, 0.25) is 0 Å². The van der Waals surface area contributed by atoms with Crippen LogP contribution in [0.3, 0.4) is 0 Å². The van der Waals surface area contributed by atoms with Crippen LogP contribution >= 0.6 is 0 Å². The van der Waals surface area contributed by atoms with Crippen molar-refractivity contribution in [3.63, 3.8) is 0 Å². The van der Waals surface area contributed by atoms with Gasteiger partial charge in [0.1, 0.15) is 5.58 Å². The van der Waals surface area contributed by atoms with E-state index in [-0.39, 0.29) is 28.5 Å². The van der Waals surface area contributed by atoms with Gasteiger partial charge in [-0.25, -0.2) is 4.79 Å². The van der Waals surface area contributed by atoms with E-state index < -0.39 is 18.5 Å². The lowest BCUT2D eigenvalue weighted by molar-refractivity contribution is -0.0511. The van der Waals surface area contributed by atoms with Crippen molar-refractivity contribution < 1.29 is 37.0 Å². The normalized spacial score (nSPS) is 10.8. The number of carbonyl (C=O) groups is 2. The minimum Gasteiger partial charge on any atom is -0.493 e. The number of furan rings is 1. The highest BCUT2D eigenvalue weighted by atomic mass is 19.3. The lowest BCUT2D eigenvalue weighted by atomic mass is 10.1. The summed E-state index contributed by atoms with van der Waals surface area (Å²) in [5.41, 5.74) is 0.904. The molecule has 152 valence electrons. The van der Waals surface area contributed by atoms with Crippen LogP contribution in [0.4, 0.5) is 14.5 Å². The number of nitrogens with one attached hydrogen (secondary N) is 1. The fourth-order valence-corrected chi connectivity index (χ4v) is 2.86. The predicted octanol–water partition coefficient (Wildman–Crippen LogP) is 4.39. The lowest BCUT2D eigenvalue weighted by Crippen LogP contribution is -2.16. The van der Waals surface area contributed by atoms with E-state index in [1.165, 1.54) is 7.11 Å². The van der Waals surface area contributed by atoms with Crippen molar-refractivity contribution in [2.24, 2.45) is 0 Å². The molecule has 0 radical (unpaired) electrons. The van der Waals surface area contributed by atoms with Gasteiger partial charge >= 0.3 is 12.6 Å². The summed E-state index contributed by atoms with van der Waals surface area (Å²) in [5.74, 6) is -1.93. The highest BCUT2D eigenvalue weighted by molar-refractivity contribution is 6.09. The van der Waals surface area contributed by atoms with Gasteiger partial charge in [0, 0.05) is 23.1 Å². The van der Waals surface area contributed by atoms with Crippen molar-refractivity contribution >= 4 is 28.5 Å². The van der Waals surface area contributed by atoms with E-state index in [1.807, 2.05) is 0 Å². The van der Waals surface area contributed by atoms with E-state index in [0.29, 0.717) is 11.1 Å².